The summed E-state index contributed by atoms with van der Waals surface area (Å²) in [5.41, 5.74) is 2.20. The summed E-state index contributed by atoms with van der Waals surface area (Å²) in [5.74, 6) is -0.0772. The van der Waals surface area contributed by atoms with Gasteiger partial charge in [-0.25, -0.2) is 9.78 Å². The van der Waals surface area contributed by atoms with Crippen molar-refractivity contribution in [3.63, 3.8) is 0 Å². The first-order chi connectivity index (χ1) is 10.7. The Morgan fingerprint density at radius 2 is 2.09 bits per heavy atom. The summed E-state index contributed by atoms with van der Waals surface area (Å²) in [4.78, 5) is 16.2. The highest BCUT2D eigenvalue weighted by Crippen LogP contribution is 2.27. The molecule has 1 heterocycles. The maximum atomic E-state index is 11.8. The molecular weight excluding hydrogens is 280 g/mol. The molecule has 0 aliphatic rings. The summed E-state index contributed by atoms with van der Waals surface area (Å²) in [6, 6.07) is 14.4. The third-order valence-corrected chi connectivity index (χ3v) is 3.15. The van der Waals surface area contributed by atoms with Gasteiger partial charge < -0.3 is 9.15 Å². The van der Waals surface area contributed by atoms with Gasteiger partial charge >= 0.3 is 5.97 Å². The van der Waals surface area contributed by atoms with Gasteiger partial charge in [0.25, 0.3) is 0 Å². The fourth-order valence-corrected chi connectivity index (χ4v) is 2.15. The number of hydrogen-bond donors (Lipinski definition) is 0. The van der Waals surface area contributed by atoms with Crippen LogP contribution in [0.4, 0.5) is 0 Å². The van der Waals surface area contributed by atoms with Crippen molar-refractivity contribution in [3.05, 3.63) is 53.6 Å². The lowest BCUT2D eigenvalue weighted by Gasteiger charge is -2.01. The Labute approximate surface area is 126 Å². The van der Waals surface area contributed by atoms with E-state index in [4.69, 9.17) is 9.15 Å². The summed E-state index contributed by atoms with van der Waals surface area (Å²) in [7, 11) is 0. The first-order valence-corrected chi connectivity index (χ1v) is 6.80. The molecule has 108 valence electrons. The first-order valence-electron chi connectivity index (χ1n) is 6.80. The van der Waals surface area contributed by atoms with Crippen LogP contribution < -0.4 is 0 Å². The highest BCUT2D eigenvalue weighted by atomic mass is 16.5. The van der Waals surface area contributed by atoms with Gasteiger partial charge in [-0.15, -0.1) is 0 Å². The molecule has 0 N–H and O–H groups in total. The minimum absolute atomic E-state index is 0.268. The van der Waals surface area contributed by atoms with Gasteiger partial charge in [0.15, 0.2) is 5.58 Å². The van der Waals surface area contributed by atoms with Crippen molar-refractivity contribution in [2.75, 3.05) is 6.61 Å². The maximum absolute atomic E-state index is 11.8. The fraction of sp³-hybridized carbons (Fsp3) is 0.118. The van der Waals surface area contributed by atoms with Crippen molar-refractivity contribution in [1.29, 1.82) is 5.26 Å². The van der Waals surface area contributed by atoms with Crippen molar-refractivity contribution in [3.8, 4) is 17.5 Å². The van der Waals surface area contributed by atoms with Gasteiger partial charge in [0, 0.05) is 5.56 Å². The van der Waals surface area contributed by atoms with E-state index in [-0.39, 0.29) is 17.7 Å². The number of benzene rings is 2. The number of oxazole rings is 1. The Balaban J connectivity index is 2.15. The van der Waals surface area contributed by atoms with Crippen molar-refractivity contribution in [2.45, 2.75) is 6.92 Å². The molecule has 2 aromatic carbocycles. The predicted molar refractivity (Wildman–Crippen MR) is 80.1 cm³/mol. The summed E-state index contributed by atoms with van der Waals surface area (Å²) in [6.07, 6.45) is 0. The largest absolute Gasteiger partial charge is 0.462 e. The topological polar surface area (TPSA) is 76.1 Å². The van der Waals surface area contributed by atoms with Crippen molar-refractivity contribution in [1.82, 2.24) is 4.98 Å². The second kappa shape index (κ2) is 5.70. The molecule has 0 unspecified atom stereocenters. The Morgan fingerprint density at radius 3 is 2.77 bits per heavy atom. The third-order valence-electron chi connectivity index (χ3n) is 3.15. The lowest BCUT2D eigenvalue weighted by molar-refractivity contribution is 0.0526. The van der Waals surface area contributed by atoms with Gasteiger partial charge in [0.1, 0.15) is 11.6 Å². The number of ether oxygens (including phenoxy) is 1. The van der Waals surface area contributed by atoms with E-state index in [1.54, 1.807) is 13.0 Å². The number of nitrogens with zero attached hydrogens (tertiary/aromatic N) is 2. The minimum Gasteiger partial charge on any atom is -0.462 e. The zero-order valence-electron chi connectivity index (χ0n) is 11.9. The van der Waals surface area contributed by atoms with Gasteiger partial charge in [0.2, 0.25) is 5.89 Å². The van der Waals surface area contributed by atoms with Crippen LogP contribution in [0.1, 0.15) is 22.8 Å². The number of nitriles is 1. The van der Waals surface area contributed by atoms with E-state index >= 15 is 0 Å². The van der Waals surface area contributed by atoms with E-state index in [9.17, 15) is 10.1 Å². The Morgan fingerprint density at radius 1 is 1.32 bits per heavy atom. The van der Waals surface area contributed by atoms with E-state index in [2.05, 4.69) is 4.98 Å². The van der Waals surface area contributed by atoms with Crippen LogP contribution in [0.3, 0.4) is 0 Å². The number of carbonyl (C=O) groups is 1. The van der Waals surface area contributed by atoms with Crippen LogP contribution in [0, 0.1) is 11.3 Å². The molecule has 5 nitrogen and oxygen atoms in total. The van der Waals surface area contributed by atoms with Gasteiger partial charge in [-0.05, 0) is 31.2 Å². The molecule has 0 atom stereocenters. The summed E-state index contributed by atoms with van der Waals surface area (Å²) in [6.45, 7) is 1.99. The Hall–Kier alpha value is -3.13. The SMILES string of the molecule is CCOC(=O)c1cc(C#N)c2nc(-c3ccccc3)oc2c1. The van der Waals surface area contributed by atoms with E-state index in [0.29, 0.717) is 17.0 Å². The number of carbonyl (C=O) groups excluding carboxylic acids is 1. The van der Waals surface area contributed by atoms with Crippen LogP contribution in [-0.4, -0.2) is 17.6 Å². The average molecular weight is 292 g/mol. The molecule has 0 radical (unpaired) electrons. The molecule has 0 spiro atoms. The van der Waals surface area contributed by atoms with Gasteiger partial charge in [0.05, 0.1) is 17.7 Å². The van der Waals surface area contributed by atoms with E-state index < -0.39 is 5.97 Å². The second-order valence-corrected chi connectivity index (χ2v) is 4.59. The number of esters is 1. The Kier molecular flexibility index (Phi) is 3.58. The van der Waals surface area contributed by atoms with E-state index in [1.165, 1.54) is 6.07 Å². The van der Waals surface area contributed by atoms with Gasteiger partial charge in [-0.1, -0.05) is 18.2 Å². The molecule has 0 aliphatic heterocycles. The van der Waals surface area contributed by atoms with Crippen LogP contribution in [0.5, 0.6) is 0 Å². The highest BCUT2D eigenvalue weighted by molar-refractivity contribution is 5.95. The standard InChI is InChI=1S/C17H12N2O3/c1-2-21-17(20)12-8-13(10-18)15-14(9-12)22-16(19-15)11-6-4-3-5-7-11/h3-9H,2H2,1H3. The lowest BCUT2D eigenvalue weighted by Crippen LogP contribution is -2.04. The summed E-state index contributed by atoms with van der Waals surface area (Å²) >= 11 is 0. The van der Waals surface area contributed by atoms with Crippen molar-refractivity contribution < 1.29 is 13.9 Å². The molecule has 3 rings (SSSR count). The maximum Gasteiger partial charge on any atom is 0.338 e. The Bertz CT molecular complexity index is 876. The zero-order valence-corrected chi connectivity index (χ0v) is 11.9. The number of hydrogen-bond acceptors (Lipinski definition) is 5. The fourth-order valence-electron chi connectivity index (χ4n) is 2.15. The second-order valence-electron chi connectivity index (χ2n) is 4.59. The van der Waals surface area contributed by atoms with Gasteiger partial charge in [-0.2, -0.15) is 5.26 Å². The predicted octanol–water partition coefficient (Wildman–Crippen LogP) is 3.54. The van der Waals surface area contributed by atoms with Crippen LogP contribution in [0.2, 0.25) is 0 Å². The zero-order chi connectivity index (χ0) is 15.5. The minimum atomic E-state index is -0.487. The summed E-state index contributed by atoms with van der Waals surface area (Å²) < 4.78 is 10.7. The van der Waals surface area contributed by atoms with Crippen molar-refractivity contribution in [2.24, 2.45) is 0 Å². The average Bonchev–Trinajstić information content (AvgIpc) is 2.99. The first kappa shape index (κ1) is 13.8. The third kappa shape index (κ3) is 2.42. The molecule has 0 bridgehead atoms. The van der Waals surface area contributed by atoms with Crippen LogP contribution >= 0.6 is 0 Å². The van der Waals surface area contributed by atoms with Gasteiger partial charge in [-0.3, -0.25) is 0 Å². The molecule has 5 heteroatoms. The monoisotopic (exact) mass is 292 g/mol. The lowest BCUT2D eigenvalue weighted by atomic mass is 10.1. The molecule has 22 heavy (non-hydrogen) atoms. The smallest absolute Gasteiger partial charge is 0.338 e. The molecule has 1 aromatic heterocycles. The van der Waals surface area contributed by atoms with Crippen LogP contribution in [0.15, 0.2) is 46.9 Å². The number of aromatic nitrogens is 1. The van der Waals surface area contributed by atoms with Crippen molar-refractivity contribution >= 4 is 17.1 Å². The molecule has 0 aliphatic carbocycles. The molecule has 0 saturated carbocycles. The molecular formula is C17H12N2O3. The van der Waals surface area contributed by atoms with Crippen LogP contribution in [-0.2, 0) is 4.74 Å². The normalized spacial score (nSPS) is 10.4. The molecule has 0 saturated heterocycles. The number of fused-ring (bicyclic) bond motifs is 1. The van der Waals surface area contributed by atoms with E-state index in [0.717, 1.165) is 5.56 Å². The number of rotatable bonds is 3. The summed E-state index contributed by atoms with van der Waals surface area (Å²) in [5, 5.41) is 9.27. The molecule has 3 aromatic rings. The molecule has 0 fully saturated rings. The van der Waals surface area contributed by atoms with Crippen LogP contribution in [0.25, 0.3) is 22.6 Å². The molecule has 0 amide bonds. The quantitative estimate of drug-likeness (QED) is 0.690. The highest BCUT2D eigenvalue weighted by Gasteiger charge is 2.16. The van der Waals surface area contributed by atoms with E-state index in [1.807, 2.05) is 36.4 Å².